The Bertz CT molecular complexity index is 479. The average molecular weight is 245 g/mol. The topological polar surface area (TPSA) is 94.3 Å². The fourth-order valence-corrected chi connectivity index (χ4v) is 4.67. The van der Waals surface area contributed by atoms with Gasteiger partial charge in [-0.15, -0.1) is 0 Å². The molecular formula is C10H15NO4S. The van der Waals surface area contributed by atoms with Crippen LogP contribution >= 0.6 is 0 Å². The molecule has 0 aliphatic heterocycles. The second kappa shape index (κ2) is 2.92. The Kier molecular flexibility index (Phi) is 2.14. The predicted molar refractivity (Wildman–Crippen MR) is 56.9 cm³/mol. The van der Waals surface area contributed by atoms with E-state index in [9.17, 15) is 18.0 Å². The minimum Gasteiger partial charge on any atom is -0.291 e. The molecule has 90 valence electrons. The first-order valence-corrected chi connectivity index (χ1v) is 6.92. The van der Waals surface area contributed by atoms with Crippen LogP contribution in [0.1, 0.15) is 26.7 Å². The number of primary sulfonamides is 1. The number of hydrogen-bond acceptors (Lipinski definition) is 4. The van der Waals surface area contributed by atoms with Crippen LogP contribution in [-0.2, 0) is 19.6 Å². The standard InChI is InChI=1S/C10H15NO4S/c1-9(2)6-3-4-10(9,5-16(11,14)15)8(13)7(6)12/h6H,3-5H2,1-2H3,(H2,11,14,15)/t6-,10-/m1/s1. The second-order valence-electron chi connectivity index (χ2n) is 5.40. The van der Waals surface area contributed by atoms with Gasteiger partial charge in [0.25, 0.3) is 0 Å². The van der Waals surface area contributed by atoms with Gasteiger partial charge in [-0.05, 0) is 18.3 Å². The summed E-state index contributed by atoms with van der Waals surface area (Å²) in [6.45, 7) is 3.58. The molecule has 0 aromatic rings. The maximum Gasteiger partial charge on any atom is 0.210 e. The summed E-state index contributed by atoms with van der Waals surface area (Å²) >= 11 is 0. The molecule has 6 heteroatoms. The smallest absolute Gasteiger partial charge is 0.210 e. The molecule has 2 bridgehead atoms. The van der Waals surface area contributed by atoms with Gasteiger partial charge in [0.05, 0.1) is 11.2 Å². The zero-order chi connectivity index (χ0) is 12.4. The molecule has 0 aromatic carbocycles. The van der Waals surface area contributed by atoms with Crippen molar-refractivity contribution < 1.29 is 18.0 Å². The lowest BCUT2D eigenvalue weighted by molar-refractivity contribution is -0.141. The highest BCUT2D eigenvalue weighted by Gasteiger charge is 2.69. The van der Waals surface area contributed by atoms with E-state index < -0.39 is 38.2 Å². The van der Waals surface area contributed by atoms with Crippen molar-refractivity contribution in [3.05, 3.63) is 0 Å². The van der Waals surface area contributed by atoms with Crippen molar-refractivity contribution in [2.75, 3.05) is 5.75 Å². The van der Waals surface area contributed by atoms with Crippen LogP contribution in [0, 0.1) is 16.7 Å². The van der Waals surface area contributed by atoms with Crippen molar-refractivity contribution in [3.8, 4) is 0 Å². The number of fused-ring (bicyclic) bond motifs is 2. The summed E-state index contributed by atoms with van der Waals surface area (Å²) in [5.41, 5.74) is -1.67. The van der Waals surface area contributed by atoms with Gasteiger partial charge in [0.15, 0.2) is 0 Å². The summed E-state index contributed by atoms with van der Waals surface area (Å²) in [6, 6.07) is 0. The van der Waals surface area contributed by atoms with Gasteiger partial charge in [-0.2, -0.15) is 0 Å². The molecule has 2 aliphatic rings. The van der Waals surface area contributed by atoms with Crippen LogP contribution in [0.25, 0.3) is 0 Å². The molecule has 2 N–H and O–H groups in total. The van der Waals surface area contributed by atoms with Crippen molar-refractivity contribution in [1.29, 1.82) is 0 Å². The van der Waals surface area contributed by atoms with Gasteiger partial charge in [0, 0.05) is 5.92 Å². The first kappa shape index (κ1) is 11.7. The summed E-state index contributed by atoms with van der Waals surface area (Å²) < 4.78 is 22.4. The molecule has 2 fully saturated rings. The summed E-state index contributed by atoms with van der Waals surface area (Å²) in [5.74, 6) is -1.70. The number of ketones is 2. The van der Waals surface area contributed by atoms with Crippen molar-refractivity contribution in [2.24, 2.45) is 21.9 Å². The monoisotopic (exact) mass is 245 g/mol. The van der Waals surface area contributed by atoms with Crippen LogP contribution in [-0.4, -0.2) is 25.7 Å². The predicted octanol–water partition coefficient (Wildman–Crippen LogP) is -0.151. The Hall–Kier alpha value is -0.750. The third kappa shape index (κ3) is 1.23. The van der Waals surface area contributed by atoms with Gasteiger partial charge < -0.3 is 0 Å². The zero-order valence-corrected chi connectivity index (χ0v) is 10.1. The lowest BCUT2D eigenvalue weighted by atomic mass is 9.70. The molecule has 2 rings (SSSR count). The highest BCUT2D eigenvalue weighted by Crippen LogP contribution is 2.62. The Balaban J connectivity index is 2.54. The SMILES string of the molecule is CC1(C)[C@@H]2CC[C@@]1(CS(N)(=O)=O)C(=O)C2=O. The van der Waals surface area contributed by atoms with E-state index in [0.29, 0.717) is 12.8 Å². The van der Waals surface area contributed by atoms with Gasteiger partial charge in [-0.1, -0.05) is 13.8 Å². The van der Waals surface area contributed by atoms with E-state index in [1.165, 1.54) is 0 Å². The largest absolute Gasteiger partial charge is 0.291 e. The molecule has 2 saturated carbocycles. The van der Waals surface area contributed by atoms with Crippen LogP contribution in [0.2, 0.25) is 0 Å². The summed E-state index contributed by atoms with van der Waals surface area (Å²) in [5, 5.41) is 5.03. The molecule has 0 saturated heterocycles. The number of rotatable bonds is 2. The Morgan fingerprint density at radius 2 is 1.94 bits per heavy atom. The molecule has 16 heavy (non-hydrogen) atoms. The first-order chi connectivity index (χ1) is 7.12. The minimum atomic E-state index is -3.75. The van der Waals surface area contributed by atoms with E-state index >= 15 is 0 Å². The van der Waals surface area contributed by atoms with E-state index in [1.54, 1.807) is 13.8 Å². The van der Waals surface area contributed by atoms with Gasteiger partial charge in [-0.25, -0.2) is 13.6 Å². The third-order valence-electron chi connectivity index (χ3n) is 4.39. The van der Waals surface area contributed by atoms with Gasteiger partial charge in [0.1, 0.15) is 0 Å². The van der Waals surface area contributed by atoms with Crippen molar-refractivity contribution in [3.63, 3.8) is 0 Å². The second-order valence-corrected chi connectivity index (χ2v) is 7.01. The van der Waals surface area contributed by atoms with E-state index in [0.717, 1.165) is 0 Å². The number of Topliss-reactive ketones (excluding diaryl/α,β-unsaturated/α-hetero) is 2. The van der Waals surface area contributed by atoms with Crippen LogP contribution in [0.15, 0.2) is 0 Å². The molecule has 0 radical (unpaired) electrons. The molecule has 0 aromatic heterocycles. The van der Waals surface area contributed by atoms with Gasteiger partial charge >= 0.3 is 0 Å². The third-order valence-corrected chi connectivity index (χ3v) is 5.28. The average Bonchev–Trinajstić information content (AvgIpc) is 2.39. The highest BCUT2D eigenvalue weighted by molar-refractivity contribution is 7.89. The van der Waals surface area contributed by atoms with E-state index in [1.807, 2.05) is 0 Å². The normalized spacial score (nSPS) is 37.1. The van der Waals surface area contributed by atoms with Crippen molar-refractivity contribution in [1.82, 2.24) is 0 Å². The van der Waals surface area contributed by atoms with E-state index in [4.69, 9.17) is 5.14 Å². The van der Waals surface area contributed by atoms with Gasteiger partial charge in [0.2, 0.25) is 21.6 Å². The molecule has 0 amide bonds. The molecule has 0 unspecified atom stereocenters. The minimum absolute atomic E-state index is 0.332. The number of carbonyl (C=O) groups is 2. The molecule has 0 heterocycles. The fraction of sp³-hybridized carbons (Fsp3) is 0.800. The zero-order valence-electron chi connectivity index (χ0n) is 9.32. The highest BCUT2D eigenvalue weighted by atomic mass is 32.2. The Labute approximate surface area is 94.4 Å². The van der Waals surface area contributed by atoms with Crippen LogP contribution in [0.4, 0.5) is 0 Å². The Morgan fingerprint density at radius 3 is 2.31 bits per heavy atom. The van der Waals surface area contributed by atoms with Crippen LogP contribution in [0.5, 0.6) is 0 Å². The maximum absolute atomic E-state index is 11.9. The number of nitrogens with two attached hydrogens (primary N) is 1. The molecule has 2 aliphatic carbocycles. The van der Waals surface area contributed by atoms with Gasteiger partial charge in [-0.3, -0.25) is 9.59 Å². The lowest BCUT2D eigenvalue weighted by Crippen LogP contribution is -2.44. The van der Waals surface area contributed by atoms with Crippen LogP contribution in [0.3, 0.4) is 0 Å². The Morgan fingerprint density at radius 1 is 1.38 bits per heavy atom. The summed E-state index contributed by atoms with van der Waals surface area (Å²) in [7, 11) is -3.75. The number of hydrogen-bond donors (Lipinski definition) is 1. The summed E-state index contributed by atoms with van der Waals surface area (Å²) in [6.07, 6.45) is 1.04. The fourth-order valence-electron chi connectivity index (χ4n) is 3.33. The number of sulfonamides is 1. The number of carbonyl (C=O) groups excluding carboxylic acids is 2. The van der Waals surface area contributed by atoms with E-state index in [-0.39, 0.29) is 5.92 Å². The lowest BCUT2D eigenvalue weighted by Gasteiger charge is -2.34. The van der Waals surface area contributed by atoms with Crippen molar-refractivity contribution >= 4 is 21.6 Å². The first-order valence-electron chi connectivity index (χ1n) is 5.21. The summed E-state index contributed by atoms with van der Waals surface area (Å²) in [4.78, 5) is 23.6. The molecule has 0 spiro atoms. The quantitative estimate of drug-likeness (QED) is 0.684. The van der Waals surface area contributed by atoms with Crippen LogP contribution < -0.4 is 5.14 Å². The molecule has 2 atom stereocenters. The van der Waals surface area contributed by atoms with Crippen molar-refractivity contribution in [2.45, 2.75) is 26.7 Å². The molecule has 5 nitrogen and oxygen atoms in total. The molecular weight excluding hydrogens is 230 g/mol. The maximum atomic E-state index is 11.9. The van der Waals surface area contributed by atoms with E-state index in [2.05, 4.69) is 0 Å².